The molecule has 2 aromatic rings. The number of aromatic nitrogens is 3. The maximum absolute atomic E-state index is 12.6. The first-order valence-corrected chi connectivity index (χ1v) is 8.16. The average Bonchev–Trinajstić information content (AvgIpc) is 2.55. The Morgan fingerprint density at radius 1 is 1.21 bits per heavy atom. The van der Waals surface area contributed by atoms with Gasteiger partial charge in [-0.25, -0.2) is 9.97 Å². The van der Waals surface area contributed by atoms with Crippen molar-refractivity contribution in [2.45, 2.75) is 40.2 Å². The summed E-state index contributed by atoms with van der Waals surface area (Å²) >= 11 is 0. The summed E-state index contributed by atoms with van der Waals surface area (Å²) in [5.74, 6) is 0.337. The van der Waals surface area contributed by atoms with Crippen LogP contribution in [0, 0.1) is 5.41 Å². The number of pyridine rings is 1. The third-order valence-electron chi connectivity index (χ3n) is 3.46. The van der Waals surface area contributed by atoms with Crippen LogP contribution >= 0.6 is 0 Å². The highest BCUT2D eigenvalue weighted by Gasteiger charge is 2.23. The van der Waals surface area contributed by atoms with Gasteiger partial charge in [0.25, 0.3) is 5.91 Å². The predicted octanol–water partition coefficient (Wildman–Crippen LogP) is 3.21. The molecular formula is C18H25N5O. The molecule has 2 heterocycles. The number of amides is 1. The zero-order chi connectivity index (χ0) is 17.6. The van der Waals surface area contributed by atoms with Gasteiger partial charge in [0, 0.05) is 31.3 Å². The van der Waals surface area contributed by atoms with E-state index in [1.165, 1.54) is 12.4 Å². The number of nitrogens with zero attached hydrogens (tertiary/aromatic N) is 3. The SMILES string of the molecule is CCNc1ncc(C(=O)NC(CC(C)(C)C)c2cccnc2)cn1. The first-order valence-electron chi connectivity index (χ1n) is 8.16. The van der Waals surface area contributed by atoms with E-state index < -0.39 is 0 Å². The van der Waals surface area contributed by atoms with E-state index in [-0.39, 0.29) is 17.4 Å². The normalized spacial score (nSPS) is 12.5. The smallest absolute Gasteiger partial charge is 0.254 e. The summed E-state index contributed by atoms with van der Waals surface area (Å²) in [4.78, 5) is 25.0. The largest absolute Gasteiger partial charge is 0.355 e. The maximum atomic E-state index is 12.6. The number of hydrogen-bond acceptors (Lipinski definition) is 5. The quantitative estimate of drug-likeness (QED) is 0.851. The van der Waals surface area contributed by atoms with E-state index in [1.54, 1.807) is 12.4 Å². The summed E-state index contributed by atoms with van der Waals surface area (Å²) in [6.07, 6.45) is 7.41. The fourth-order valence-electron chi connectivity index (χ4n) is 2.38. The van der Waals surface area contributed by atoms with Crippen LogP contribution in [0.4, 0.5) is 5.95 Å². The minimum Gasteiger partial charge on any atom is -0.355 e. The van der Waals surface area contributed by atoms with Crippen LogP contribution < -0.4 is 10.6 Å². The summed E-state index contributed by atoms with van der Waals surface area (Å²) in [5.41, 5.74) is 1.50. The van der Waals surface area contributed by atoms with Gasteiger partial charge in [-0.2, -0.15) is 0 Å². The van der Waals surface area contributed by atoms with Gasteiger partial charge in [0.1, 0.15) is 0 Å². The van der Waals surface area contributed by atoms with Crippen molar-refractivity contribution in [2.24, 2.45) is 5.41 Å². The molecule has 0 fully saturated rings. The van der Waals surface area contributed by atoms with Gasteiger partial charge in [0.15, 0.2) is 0 Å². The van der Waals surface area contributed by atoms with Crippen LogP contribution in [0.3, 0.4) is 0 Å². The second-order valence-corrected chi connectivity index (χ2v) is 6.90. The highest BCUT2D eigenvalue weighted by Crippen LogP contribution is 2.29. The second-order valence-electron chi connectivity index (χ2n) is 6.90. The Morgan fingerprint density at radius 3 is 2.46 bits per heavy atom. The molecule has 0 aliphatic heterocycles. The third-order valence-corrected chi connectivity index (χ3v) is 3.46. The van der Waals surface area contributed by atoms with Crippen molar-refractivity contribution < 1.29 is 4.79 Å². The van der Waals surface area contributed by atoms with Crippen LogP contribution in [0.5, 0.6) is 0 Å². The molecule has 0 aromatic carbocycles. The van der Waals surface area contributed by atoms with E-state index in [4.69, 9.17) is 0 Å². The van der Waals surface area contributed by atoms with E-state index in [9.17, 15) is 4.79 Å². The molecule has 1 amide bonds. The molecule has 6 nitrogen and oxygen atoms in total. The highest BCUT2D eigenvalue weighted by molar-refractivity contribution is 5.93. The molecule has 0 radical (unpaired) electrons. The van der Waals surface area contributed by atoms with Crippen LogP contribution in [0.15, 0.2) is 36.9 Å². The van der Waals surface area contributed by atoms with E-state index >= 15 is 0 Å². The van der Waals surface area contributed by atoms with E-state index in [1.807, 2.05) is 19.1 Å². The fourth-order valence-corrected chi connectivity index (χ4v) is 2.38. The number of hydrogen-bond donors (Lipinski definition) is 2. The monoisotopic (exact) mass is 327 g/mol. The van der Waals surface area contributed by atoms with Crippen LogP contribution in [-0.4, -0.2) is 27.4 Å². The molecule has 2 N–H and O–H groups in total. The van der Waals surface area contributed by atoms with Crippen molar-refractivity contribution in [3.8, 4) is 0 Å². The van der Waals surface area contributed by atoms with Crippen molar-refractivity contribution in [2.75, 3.05) is 11.9 Å². The Hall–Kier alpha value is -2.50. The summed E-state index contributed by atoms with van der Waals surface area (Å²) in [5, 5.41) is 6.09. The molecular weight excluding hydrogens is 302 g/mol. The summed E-state index contributed by atoms with van der Waals surface area (Å²) in [6.45, 7) is 9.15. The minimum atomic E-state index is -0.184. The van der Waals surface area contributed by atoms with Gasteiger partial charge in [-0.05, 0) is 30.4 Å². The molecule has 24 heavy (non-hydrogen) atoms. The molecule has 0 bridgehead atoms. The summed E-state index contributed by atoms with van der Waals surface area (Å²) in [7, 11) is 0. The van der Waals surface area contributed by atoms with Crippen LogP contribution in [0.2, 0.25) is 0 Å². The lowest BCUT2D eigenvalue weighted by atomic mass is 9.85. The van der Waals surface area contributed by atoms with Gasteiger partial charge in [-0.15, -0.1) is 0 Å². The van der Waals surface area contributed by atoms with Crippen LogP contribution in [0.25, 0.3) is 0 Å². The first-order chi connectivity index (χ1) is 11.4. The van der Waals surface area contributed by atoms with Gasteiger partial charge < -0.3 is 10.6 Å². The van der Waals surface area contributed by atoms with Crippen molar-refractivity contribution in [3.05, 3.63) is 48.0 Å². The van der Waals surface area contributed by atoms with E-state index in [0.29, 0.717) is 11.5 Å². The van der Waals surface area contributed by atoms with Crippen molar-refractivity contribution in [1.82, 2.24) is 20.3 Å². The molecule has 1 atom stereocenters. The first kappa shape index (κ1) is 17.8. The Labute approximate surface area is 143 Å². The molecule has 0 saturated heterocycles. The Kier molecular flexibility index (Phi) is 5.84. The predicted molar refractivity (Wildman–Crippen MR) is 94.7 cm³/mol. The maximum Gasteiger partial charge on any atom is 0.254 e. The lowest BCUT2D eigenvalue weighted by molar-refractivity contribution is 0.0925. The van der Waals surface area contributed by atoms with Gasteiger partial charge in [0.2, 0.25) is 5.95 Å². The zero-order valence-electron chi connectivity index (χ0n) is 14.7. The summed E-state index contributed by atoms with van der Waals surface area (Å²) < 4.78 is 0. The van der Waals surface area contributed by atoms with Gasteiger partial charge in [0.05, 0.1) is 11.6 Å². The molecule has 0 aliphatic carbocycles. The van der Waals surface area contributed by atoms with E-state index in [0.717, 1.165) is 18.5 Å². The molecule has 1 unspecified atom stereocenters. The second kappa shape index (κ2) is 7.86. The Balaban J connectivity index is 2.14. The Morgan fingerprint density at radius 2 is 1.92 bits per heavy atom. The zero-order valence-corrected chi connectivity index (χ0v) is 14.7. The average molecular weight is 327 g/mol. The third kappa shape index (κ3) is 5.30. The lowest BCUT2D eigenvalue weighted by Crippen LogP contribution is -2.31. The highest BCUT2D eigenvalue weighted by atomic mass is 16.1. The molecule has 128 valence electrons. The molecule has 6 heteroatoms. The number of nitrogens with one attached hydrogen (secondary N) is 2. The number of rotatable bonds is 6. The van der Waals surface area contributed by atoms with Crippen molar-refractivity contribution in [1.29, 1.82) is 0 Å². The Bertz CT molecular complexity index is 649. The van der Waals surface area contributed by atoms with Crippen molar-refractivity contribution >= 4 is 11.9 Å². The lowest BCUT2D eigenvalue weighted by Gasteiger charge is -2.27. The summed E-state index contributed by atoms with van der Waals surface area (Å²) in [6, 6.07) is 3.75. The number of carbonyl (C=O) groups excluding carboxylic acids is 1. The van der Waals surface area contributed by atoms with Crippen molar-refractivity contribution in [3.63, 3.8) is 0 Å². The topological polar surface area (TPSA) is 79.8 Å². The van der Waals surface area contributed by atoms with E-state index in [2.05, 4.69) is 46.4 Å². The molecule has 2 rings (SSSR count). The van der Waals surface area contributed by atoms with Gasteiger partial charge >= 0.3 is 0 Å². The molecule has 0 saturated carbocycles. The van der Waals surface area contributed by atoms with Gasteiger partial charge in [-0.1, -0.05) is 26.8 Å². The standard InChI is InChI=1S/C18H25N5O/c1-5-20-17-21-11-14(12-22-17)16(24)23-15(9-18(2,3)4)13-7-6-8-19-10-13/h6-8,10-12,15H,5,9H2,1-4H3,(H,23,24)(H,20,21,22). The molecule has 0 spiro atoms. The van der Waals surface area contributed by atoms with Gasteiger partial charge in [-0.3, -0.25) is 9.78 Å². The number of anilines is 1. The van der Waals surface area contributed by atoms with Crippen LogP contribution in [-0.2, 0) is 0 Å². The molecule has 2 aromatic heterocycles. The fraction of sp³-hybridized carbons (Fsp3) is 0.444. The molecule has 0 aliphatic rings. The number of carbonyl (C=O) groups is 1. The van der Waals surface area contributed by atoms with Crippen LogP contribution in [0.1, 0.15) is 56.1 Å². The minimum absolute atomic E-state index is 0.0686.